The van der Waals surface area contributed by atoms with E-state index in [1.165, 1.54) is 17.7 Å². The predicted molar refractivity (Wildman–Crippen MR) is 62.8 cm³/mol. The topological polar surface area (TPSA) is 26.0 Å². The van der Waals surface area contributed by atoms with Gasteiger partial charge in [-0.3, -0.25) is 0 Å². The van der Waals surface area contributed by atoms with E-state index >= 15 is 0 Å². The van der Waals surface area contributed by atoms with Crippen LogP contribution in [-0.2, 0) is 6.18 Å². The fourth-order valence-electron chi connectivity index (χ4n) is 1.49. The predicted octanol–water partition coefficient (Wildman–Crippen LogP) is 3.89. The van der Waals surface area contributed by atoms with Gasteiger partial charge in [0.2, 0.25) is 0 Å². The van der Waals surface area contributed by atoms with Crippen LogP contribution in [0.4, 0.5) is 13.2 Å². The van der Waals surface area contributed by atoms with Crippen molar-refractivity contribution in [1.29, 1.82) is 0 Å². The molecule has 1 aromatic rings. The van der Waals surface area contributed by atoms with Crippen LogP contribution in [0.3, 0.4) is 0 Å². The number of hydrogen-bond donors (Lipinski definition) is 1. The molecule has 0 aliphatic carbocycles. The normalized spacial score (nSPS) is 14.8. The van der Waals surface area contributed by atoms with Crippen LogP contribution in [0.2, 0.25) is 0 Å². The molecule has 0 heterocycles. The van der Waals surface area contributed by atoms with Gasteiger partial charge in [0.25, 0.3) is 0 Å². The molecule has 1 rings (SSSR count). The van der Waals surface area contributed by atoms with Gasteiger partial charge in [0.15, 0.2) is 0 Å². The first-order valence-corrected chi connectivity index (χ1v) is 5.50. The first-order valence-electron chi connectivity index (χ1n) is 5.06. The van der Waals surface area contributed by atoms with Crippen molar-refractivity contribution in [3.8, 4) is 0 Å². The second-order valence-corrected chi connectivity index (χ2v) is 3.95. The number of halogens is 4. The molecule has 1 atom stereocenters. The summed E-state index contributed by atoms with van der Waals surface area (Å²) in [5.41, 5.74) is 7.75. The molecule has 0 fully saturated rings. The van der Waals surface area contributed by atoms with Crippen molar-refractivity contribution in [3.63, 3.8) is 0 Å². The Morgan fingerprint density at radius 2 is 1.88 bits per heavy atom. The van der Waals surface area contributed by atoms with Crippen LogP contribution in [0, 0.1) is 0 Å². The molecule has 1 unspecified atom stereocenters. The molecule has 1 nitrogen and oxygen atoms in total. The third kappa shape index (κ3) is 3.48. The Kier molecular flexibility index (Phi) is 4.60. The van der Waals surface area contributed by atoms with Gasteiger partial charge in [0, 0.05) is 18.0 Å². The molecule has 0 aliphatic heterocycles. The molecule has 0 aromatic heterocycles. The van der Waals surface area contributed by atoms with E-state index in [-0.39, 0.29) is 12.5 Å². The molecule has 0 saturated heterocycles. The Labute approximate surface area is 103 Å². The summed E-state index contributed by atoms with van der Waals surface area (Å²) in [5.74, 6) is -0.0835. The summed E-state index contributed by atoms with van der Waals surface area (Å²) in [6.45, 7) is 2.13. The maximum Gasteiger partial charge on any atom is 0.416 e. The van der Waals surface area contributed by atoms with Crippen molar-refractivity contribution >= 4 is 11.6 Å². The zero-order valence-corrected chi connectivity index (χ0v) is 10.0. The Balaban J connectivity index is 2.95. The van der Waals surface area contributed by atoms with E-state index in [9.17, 15) is 13.2 Å². The quantitative estimate of drug-likeness (QED) is 0.880. The number of hydrogen-bond acceptors (Lipinski definition) is 1. The van der Waals surface area contributed by atoms with E-state index in [2.05, 4.69) is 0 Å². The Bertz CT molecular complexity index is 395. The summed E-state index contributed by atoms with van der Waals surface area (Å²) >= 11 is 5.59. The summed E-state index contributed by atoms with van der Waals surface area (Å²) in [4.78, 5) is 0. The Morgan fingerprint density at radius 3 is 2.24 bits per heavy atom. The molecule has 1 aromatic carbocycles. The molecule has 94 valence electrons. The summed E-state index contributed by atoms with van der Waals surface area (Å²) in [6.07, 6.45) is -4.30. The lowest BCUT2D eigenvalue weighted by Gasteiger charge is -2.15. The lowest BCUT2D eigenvalue weighted by Crippen LogP contribution is -2.10. The summed E-state index contributed by atoms with van der Waals surface area (Å²) < 4.78 is 37.1. The van der Waals surface area contributed by atoms with Crippen molar-refractivity contribution < 1.29 is 13.2 Å². The van der Waals surface area contributed by atoms with Crippen LogP contribution >= 0.6 is 11.6 Å². The molecule has 0 saturated carbocycles. The average Bonchev–Trinajstić information content (AvgIpc) is 2.29. The van der Waals surface area contributed by atoms with Gasteiger partial charge in [-0.2, -0.15) is 13.2 Å². The van der Waals surface area contributed by atoms with Crippen molar-refractivity contribution in [2.24, 2.45) is 5.73 Å². The smallest absolute Gasteiger partial charge is 0.327 e. The first kappa shape index (κ1) is 14.1. The van der Waals surface area contributed by atoms with Crippen molar-refractivity contribution in [2.75, 3.05) is 6.54 Å². The van der Waals surface area contributed by atoms with E-state index in [0.29, 0.717) is 0 Å². The van der Waals surface area contributed by atoms with Crippen molar-refractivity contribution in [1.82, 2.24) is 0 Å². The summed E-state index contributed by atoms with van der Waals surface area (Å²) in [6, 6.07) is 5.02. The highest BCUT2D eigenvalue weighted by Crippen LogP contribution is 2.31. The zero-order chi connectivity index (χ0) is 13.1. The molecule has 0 spiro atoms. The Hall–Kier alpha value is -1.00. The van der Waals surface area contributed by atoms with Gasteiger partial charge in [-0.05, 0) is 23.3 Å². The van der Waals surface area contributed by atoms with Crippen LogP contribution in [0.1, 0.15) is 24.0 Å². The van der Waals surface area contributed by atoms with E-state index in [1.807, 2.05) is 6.92 Å². The summed E-state index contributed by atoms with van der Waals surface area (Å²) in [7, 11) is 0. The number of alkyl halides is 3. The molecular formula is C12H13ClF3N. The van der Waals surface area contributed by atoms with Gasteiger partial charge in [0.1, 0.15) is 0 Å². The van der Waals surface area contributed by atoms with Gasteiger partial charge >= 0.3 is 6.18 Å². The van der Waals surface area contributed by atoms with Gasteiger partial charge in [0.05, 0.1) is 5.56 Å². The third-order valence-electron chi connectivity index (χ3n) is 2.67. The van der Waals surface area contributed by atoms with E-state index in [1.54, 1.807) is 0 Å². The minimum absolute atomic E-state index is 0.0835. The molecule has 0 amide bonds. The largest absolute Gasteiger partial charge is 0.416 e. The van der Waals surface area contributed by atoms with Crippen LogP contribution in [0.5, 0.6) is 0 Å². The standard InChI is InChI=1S/C12H13ClF3N/c1-8(10(6-13)7-17)9-2-4-11(5-3-9)12(14,15)16/h2-6,8H,7,17H2,1H3. The molecule has 2 N–H and O–H groups in total. The van der Waals surface area contributed by atoms with Crippen molar-refractivity contribution in [3.05, 3.63) is 46.5 Å². The highest BCUT2D eigenvalue weighted by Gasteiger charge is 2.30. The van der Waals surface area contributed by atoms with Gasteiger partial charge < -0.3 is 5.73 Å². The maximum absolute atomic E-state index is 12.4. The van der Waals surface area contributed by atoms with Gasteiger partial charge in [-0.1, -0.05) is 30.7 Å². The summed E-state index contributed by atoms with van der Waals surface area (Å²) in [5, 5.41) is 0. The fourth-order valence-corrected chi connectivity index (χ4v) is 1.77. The average molecular weight is 264 g/mol. The zero-order valence-electron chi connectivity index (χ0n) is 9.26. The highest BCUT2D eigenvalue weighted by molar-refractivity contribution is 6.25. The molecule has 5 heteroatoms. The minimum atomic E-state index is -4.30. The molecule has 0 aliphatic rings. The van der Waals surface area contributed by atoms with Crippen LogP contribution < -0.4 is 5.73 Å². The van der Waals surface area contributed by atoms with E-state index < -0.39 is 11.7 Å². The minimum Gasteiger partial charge on any atom is -0.327 e. The molecule has 0 bridgehead atoms. The maximum atomic E-state index is 12.4. The van der Waals surface area contributed by atoms with Crippen LogP contribution in [-0.4, -0.2) is 6.54 Å². The van der Waals surface area contributed by atoms with Gasteiger partial charge in [-0.15, -0.1) is 0 Å². The number of benzene rings is 1. The molecular weight excluding hydrogens is 251 g/mol. The second-order valence-electron chi connectivity index (χ2n) is 3.73. The number of rotatable bonds is 3. The lowest BCUT2D eigenvalue weighted by atomic mass is 9.93. The molecule has 17 heavy (non-hydrogen) atoms. The SMILES string of the molecule is CC(C(=CCl)CN)c1ccc(C(F)(F)F)cc1. The molecule has 0 radical (unpaired) electrons. The Morgan fingerprint density at radius 1 is 1.35 bits per heavy atom. The lowest BCUT2D eigenvalue weighted by molar-refractivity contribution is -0.137. The first-order chi connectivity index (χ1) is 7.90. The second kappa shape index (κ2) is 5.56. The van der Waals surface area contributed by atoms with Crippen LogP contribution in [0.15, 0.2) is 35.4 Å². The van der Waals surface area contributed by atoms with Crippen molar-refractivity contribution in [2.45, 2.75) is 19.0 Å². The van der Waals surface area contributed by atoms with E-state index in [4.69, 9.17) is 17.3 Å². The van der Waals surface area contributed by atoms with Crippen LogP contribution in [0.25, 0.3) is 0 Å². The highest BCUT2D eigenvalue weighted by atomic mass is 35.5. The fraction of sp³-hybridized carbons (Fsp3) is 0.333. The number of nitrogens with two attached hydrogens (primary N) is 1. The van der Waals surface area contributed by atoms with E-state index in [0.717, 1.165) is 23.3 Å². The van der Waals surface area contributed by atoms with Gasteiger partial charge in [-0.25, -0.2) is 0 Å². The monoisotopic (exact) mass is 263 g/mol. The third-order valence-corrected chi connectivity index (χ3v) is 2.95.